The van der Waals surface area contributed by atoms with Crippen molar-refractivity contribution in [2.75, 3.05) is 39.3 Å². The van der Waals surface area contributed by atoms with Gasteiger partial charge >= 0.3 is 0 Å². The van der Waals surface area contributed by atoms with E-state index >= 15 is 0 Å². The van der Waals surface area contributed by atoms with Gasteiger partial charge in [0.15, 0.2) is 0 Å². The number of hydrogen-bond donors (Lipinski definition) is 1. The SMILES string of the molecule is CC(c1ccccc1Cl)N1CCN(C(=O)C2CNC2)CC1.Cl. The molecule has 2 heterocycles. The summed E-state index contributed by atoms with van der Waals surface area (Å²) in [5.74, 6) is 0.524. The van der Waals surface area contributed by atoms with E-state index in [-0.39, 0.29) is 18.3 Å². The number of rotatable bonds is 3. The third-order valence-electron chi connectivity index (χ3n) is 4.66. The molecule has 1 aromatic carbocycles. The zero-order chi connectivity index (χ0) is 14.8. The maximum Gasteiger partial charge on any atom is 0.228 e. The first-order valence-electron chi connectivity index (χ1n) is 7.65. The summed E-state index contributed by atoms with van der Waals surface area (Å²) >= 11 is 6.29. The summed E-state index contributed by atoms with van der Waals surface area (Å²) in [6.07, 6.45) is 0. The minimum Gasteiger partial charge on any atom is -0.340 e. The van der Waals surface area contributed by atoms with Crippen LogP contribution in [-0.4, -0.2) is 55.0 Å². The lowest BCUT2D eigenvalue weighted by atomic mass is 10.0. The molecule has 0 radical (unpaired) electrons. The lowest BCUT2D eigenvalue weighted by molar-refractivity contribution is -0.139. The fourth-order valence-electron chi connectivity index (χ4n) is 3.06. The third kappa shape index (κ3) is 3.57. The van der Waals surface area contributed by atoms with Crippen LogP contribution in [0.15, 0.2) is 24.3 Å². The minimum absolute atomic E-state index is 0. The lowest BCUT2D eigenvalue weighted by Crippen LogP contribution is -2.56. The minimum atomic E-state index is 0. The Labute approximate surface area is 143 Å². The van der Waals surface area contributed by atoms with Gasteiger partial charge in [0, 0.05) is 50.3 Å². The zero-order valence-electron chi connectivity index (χ0n) is 12.8. The van der Waals surface area contributed by atoms with Gasteiger partial charge < -0.3 is 10.2 Å². The molecule has 0 spiro atoms. The van der Waals surface area contributed by atoms with Gasteiger partial charge in [0.05, 0.1) is 5.92 Å². The Morgan fingerprint density at radius 3 is 2.41 bits per heavy atom. The highest BCUT2D eigenvalue weighted by Gasteiger charge is 2.32. The van der Waals surface area contributed by atoms with Gasteiger partial charge in [-0.25, -0.2) is 0 Å². The van der Waals surface area contributed by atoms with Crippen LogP contribution in [0.25, 0.3) is 0 Å². The summed E-state index contributed by atoms with van der Waals surface area (Å²) in [7, 11) is 0. The summed E-state index contributed by atoms with van der Waals surface area (Å²) in [6.45, 7) is 7.35. The summed E-state index contributed by atoms with van der Waals surface area (Å²) in [5, 5.41) is 3.99. The number of carbonyl (C=O) groups excluding carboxylic acids is 1. The largest absolute Gasteiger partial charge is 0.340 e. The lowest BCUT2D eigenvalue weighted by Gasteiger charge is -2.40. The Morgan fingerprint density at radius 2 is 1.86 bits per heavy atom. The molecule has 2 aliphatic heterocycles. The molecule has 1 N–H and O–H groups in total. The molecule has 2 aliphatic rings. The first-order chi connectivity index (χ1) is 10.2. The first kappa shape index (κ1) is 17.5. The van der Waals surface area contributed by atoms with Crippen molar-refractivity contribution in [1.82, 2.24) is 15.1 Å². The smallest absolute Gasteiger partial charge is 0.228 e. The molecule has 2 fully saturated rings. The van der Waals surface area contributed by atoms with Crippen molar-refractivity contribution in [1.29, 1.82) is 0 Å². The van der Waals surface area contributed by atoms with Crippen molar-refractivity contribution in [3.8, 4) is 0 Å². The molecule has 0 saturated carbocycles. The van der Waals surface area contributed by atoms with Gasteiger partial charge in [0.2, 0.25) is 5.91 Å². The van der Waals surface area contributed by atoms with E-state index in [0.29, 0.717) is 11.9 Å². The van der Waals surface area contributed by atoms with Crippen LogP contribution in [0.5, 0.6) is 0 Å². The second kappa shape index (κ2) is 7.64. The van der Waals surface area contributed by atoms with E-state index in [1.807, 2.05) is 23.1 Å². The summed E-state index contributed by atoms with van der Waals surface area (Å²) in [5.41, 5.74) is 1.17. The maximum atomic E-state index is 12.2. The van der Waals surface area contributed by atoms with Crippen LogP contribution < -0.4 is 5.32 Å². The number of nitrogens with zero attached hydrogens (tertiary/aromatic N) is 2. The van der Waals surface area contributed by atoms with Crippen LogP contribution in [0.2, 0.25) is 5.02 Å². The highest BCUT2D eigenvalue weighted by Crippen LogP contribution is 2.28. The van der Waals surface area contributed by atoms with Gasteiger partial charge in [-0.15, -0.1) is 12.4 Å². The number of piperazine rings is 1. The van der Waals surface area contributed by atoms with Crippen LogP contribution >= 0.6 is 24.0 Å². The van der Waals surface area contributed by atoms with Crippen molar-refractivity contribution in [3.63, 3.8) is 0 Å². The van der Waals surface area contributed by atoms with Gasteiger partial charge in [-0.1, -0.05) is 29.8 Å². The summed E-state index contributed by atoms with van der Waals surface area (Å²) in [6, 6.07) is 8.31. The number of hydrogen-bond acceptors (Lipinski definition) is 3. The Balaban J connectivity index is 0.00000176. The van der Waals surface area contributed by atoms with E-state index in [1.165, 1.54) is 5.56 Å². The molecule has 0 bridgehead atoms. The van der Waals surface area contributed by atoms with E-state index in [2.05, 4.69) is 23.2 Å². The second-order valence-electron chi connectivity index (χ2n) is 5.91. The monoisotopic (exact) mass is 343 g/mol. The van der Waals surface area contributed by atoms with E-state index in [0.717, 1.165) is 44.3 Å². The van der Waals surface area contributed by atoms with Gasteiger partial charge in [0.25, 0.3) is 0 Å². The fraction of sp³-hybridized carbons (Fsp3) is 0.562. The quantitative estimate of drug-likeness (QED) is 0.913. The molecule has 1 atom stereocenters. The van der Waals surface area contributed by atoms with Gasteiger partial charge in [0.1, 0.15) is 0 Å². The molecule has 0 aromatic heterocycles. The Hall–Kier alpha value is -0.810. The first-order valence-corrected chi connectivity index (χ1v) is 8.02. The normalized spacial score (nSPS) is 20.9. The van der Waals surface area contributed by atoms with Crippen LogP contribution in [0.1, 0.15) is 18.5 Å². The van der Waals surface area contributed by atoms with E-state index in [4.69, 9.17) is 11.6 Å². The van der Waals surface area contributed by atoms with Crippen molar-refractivity contribution < 1.29 is 4.79 Å². The molecule has 1 aromatic rings. The van der Waals surface area contributed by atoms with Crippen LogP contribution in [0.4, 0.5) is 0 Å². The van der Waals surface area contributed by atoms with E-state index < -0.39 is 0 Å². The number of benzene rings is 1. The summed E-state index contributed by atoms with van der Waals surface area (Å²) in [4.78, 5) is 16.6. The average Bonchev–Trinajstić information content (AvgIpc) is 2.45. The molecule has 1 amide bonds. The molecule has 3 rings (SSSR count). The van der Waals surface area contributed by atoms with Crippen LogP contribution in [-0.2, 0) is 4.79 Å². The standard InChI is InChI=1S/C16H22ClN3O.ClH/c1-12(14-4-2-3-5-15(14)17)19-6-8-20(9-7-19)16(21)13-10-18-11-13;/h2-5,12-13,18H,6-11H2,1H3;1H. The highest BCUT2D eigenvalue weighted by atomic mass is 35.5. The Morgan fingerprint density at radius 1 is 1.23 bits per heavy atom. The van der Waals surface area contributed by atoms with Crippen molar-refractivity contribution >= 4 is 29.9 Å². The van der Waals surface area contributed by atoms with Gasteiger partial charge in [-0.2, -0.15) is 0 Å². The molecule has 4 nitrogen and oxygen atoms in total. The number of halogens is 2. The molecule has 22 heavy (non-hydrogen) atoms. The van der Waals surface area contributed by atoms with Crippen molar-refractivity contribution in [2.24, 2.45) is 5.92 Å². The zero-order valence-corrected chi connectivity index (χ0v) is 14.4. The molecular weight excluding hydrogens is 321 g/mol. The molecular formula is C16H23Cl2N3O. The van der Waals surface area contributed by atoms with Gasteiger partial charge in [-0.3, -0.25) is 9.69 Å². The Bertz CT molecular complexity index is 514. The third-order valence-corrected chi connectivity index (χ3v) is 5.00. The van der Waals surface area contributed by atoms with Crippen molar-refractivity contribution in [3.05, 3.63) is 34.9 Å². The van der Waals surface area contributed by atoms with E-state index in [9.17, 15) is 4.79 Å². The van der Waals surface area contributed by atoms with E-state index in [1.54, 1.807) is 0 Å². The molecule has 2 saturated heterocycles. The second-order valence-corrected chi connectivity index (χ2v) is 6.32. The predicted molar refractivity (Wildman–Crippen MR) is 91.6 cm³/mol. The fourth-order valence-corrected chi connectivity index (χ4v) is 3.36. The Kier molecular flexibility index (Phi) is 6.09. The van der Waals surface area contributed by atoms with Crippen LogP contribution in [0.3, 0.4) is 0 Å². The highest BCUT2D eigenvalue weighted by molar-refractivity contribution is 6.31. The molecule has 6 heteroatoms. The maximum absolute atomic E-state index is 12.2. The van der Waals surface area contributed by atoms with Crippen LogP contribution in [0, 0.1) is 5.92 Å². The topological polar surface area (TPSA) is 35.6 Å². The average molecular weight is 344 g/mol. The molecule has 122 valence electrons. The number of nitrogens with one attached hydrogen (secondary N) is 1. The number of amides is 1. The molecule has 0 aliphatic carbocycles. The van der Waals surface area contributed by atoms with Crippen molar-refractivity contribution in [2.45, 2.75) is 13.0 Å². The van der Waals surface area contributed by atoms with Gasteiger partial charge in [-0.05, 0) is 18.6 Å². The number of carbonyl (C=O) groups is 1. The molecule has 1 unspecified atom stereocenters. The summed E-state index contributed by atoms with van der Waals surface area (Å²) < 4.78 is 0. The predicted octanol–water partition coefficient (Wildman–Crippen LogP) is 2.19.